The molecule has 0 aliphatic carbocycles. The summed E-state index contributed by atoms with van der Waals surface area (Å²) in [5, 5.41) is 2.50. The predicted octanol–water partition coefficient (Wildman–Crippen LogP) is 3.61. The number of hydrogen-bond donors (Lipinski definition) is 1. The molecule has 0 bridgehead atoms. The summed E-state index contributed by atoms with van der Waals surface area (Å²) in [5.41, 5.74) is 1.74. The maximum Gasteiger partial charge on any atom is 0.387 e. The number of halogens is 2. The van der Waals surface area contributed by atoms with E-state index >= 15 is 0 Å². The third kappa shape index (κ3) is 4.16. The van der Waals surface area contributed by atoms with Gasteiger partial charge >= 0.3 is 6.61 Å². The van der Waals surface area contributed by atoms with Crippen LogP contribution in [0.4, 0.5) is 14.5 Å². The number of ether oxygens (including phenoxy) is 1. The second kappa shape index (κ2) is 8.16. The number of para-hydroxylation sites is 2. The Balaban J connectivity index is 1.56. The first-order chi connectivity index (χ1) is 13.4. The topological polar surface area (TPSA) is 75.7 Å². The van der Waals surface area contributed by atoms with Gasteiger partial charge in [0.2, 0.25) is 5.91 Å². The van der Waals surface area contributed by atoms with E-state index in [4.69, 9.17) is 0 Å². The summed E-state index contributed by atoms with van der Waals surface area (Å²) in [7, 11) is 0. The number of anilines is 1. The van der Waals surface area contributed by atoms with Crippen molar-refractivity contribution < 1.29 is 27.9 Å². The standard InChI is InChI=1S/C20H18F2N2O4/c1-12-8-9-13-14(11-12)19(27)24(18(13)26)10-4-7-17(25)23-15-5-2-3-6-16(15)28-20(21)22/h2-3,5-6,8-9,11,20H,4,7,10H2,1H3,(H,23,25). The molecule has 1 heterocycles. The lowest BCUT2D eigenvalue weighted by atomic mass is 10.1. The molecule has 8 heteroatoms. The number of carbonyl (C=O) groups is 3. The largest absolute Gasteiger partial charge is 0.433 e. The molecule has 6 nitrogen and oxygen atoms in total. The molecule has 2 aromatic rings. The number of fused-ring (bicyclic) bond motifs is 1. The van der Waals surface area contributed by atoms with Crippen LogP contribution in [0, 0.1) is 6.92 Å². The molecule has 0 fully saturated rings. The third-order valence-corrected chi connectivity index (χ3v) is 4.29. The van der Waals surface area contributed by atoms with Crippen LogP contribution in [-0.4, -0.2) is 35.8 Å². The Morgan fingerprint density at radius 1 is 1.11 bits per heavy atom. The summed E-state index contributed by atoms with van der Waals surface area (Å²) >= 11 is 0. The SMILES string of the molecule is Cc1ccc2c(c1)C(=O)N(CCCC(=O)Nc1ccccc1OC(F)F)C2=O. The fourth-order valence-electron chi connectivity index (χ4n) is 2.99. The van der Waals surface area contributed by atoms with Gasteiger partial charge in [0, 0.05) is 13.0 Å². The minimum Gasteiger partial charge on any atom is -0.433 e. The number of nitrogens with one attached hydrogen (secondary N) is 1. The van der Waals surface area contributed by atoms with Crippen LogP contribution in [-0.2, 0) is 4.79 Å². The highest BCUT2D eigenvalue weighted by atomic mass is 19.3. The van der Waals surface area contributed by atoms with Crippen molar-refractivity contribution >= 4 is 23.4 Å². The number of aryl methyl sites for hydroxylation is 1. The maximum absolute atomic E-state index is 12.4. The molecule has 3 rings (SSSR count). The van der Waals surface area contributed by atoms with Crippen LogP contribution in [0.2, 0.25) is 0 Å². The summed E-state index contributed by atoms with van der Waals surface area (Å²) in [6, 6.07) is 10.9. The van der Waals surface area contributed by atoms with Gasteiger partial charge < -0.3 is 10.1 Å². The Morgan fingerprint density at radius 2 is 1.82 bits per heavy atom. The van der Waals surface area contributed by atoms with E-state index < -0.39 is 12.5 Å². The number of benzene rings is 2. The van der Waals surface area contributed by atoms with Crippen molar-refractivity contribution in [1.82, 2.24) is 4.90 Å². The molecule has 146 valence electrons. The van der Waals surface area contributed by atoms with E-state index in [1.807, 2.05) is 6.92 Å². The number of nitrogens with zero attached hydrogens (tertiary/aromatic N) is 1. The minimum atomic E-state index is -3.00. The average molecular weight is 388 g/mol. The fraction of sp³-hybridized carbons (Fsp3) is 0.250. The van der Waals surface area contributed by atoms with Crippen molar-refractivity contribution in [3.05, 3.63) is 59.2 Å². The van der Waals surface area contributed by atoms with Crippen LogP contribution in [0.25, 0.3) is 0 Å². The zero-order valence-electron chi connectivity index (χ0n) is 15.1. The van der Waals surface area contributed by atoms with Gasteiger partial charge in [0.1, 0.15) is 5.75 Å². The van der Waals surface area contributed by atoms with Crippen molar-refractivity contribution in [2.45, 2.75) is 26.4 Å². The molecule has 0 saturated carbocycles. The van der Waals surface area contributed by atoms with Crippen LogP contribution in [0.5, 0.6) is 5.75 Å². The Labute approximate surface area is 160 Å². The first-order valence-corrected chi connectivity index (χ1v) is 8.67. The summed E-state index contributed by atoms with van der Waals surface area (Å²) in [4.78, 5) is 38.0. The molecular weight excluding hydrogens is 370 g/mol. The molecule has 0 spiro atoms. The van der Waals surface area contributed by atoms with Crippen LogP contribution in [0.3, 0.4) is 0 Å². The van der Waals surface area contributed by atoms with Gasteiger partial charge in [-0.25, -0.2) is 0 Å². The van der Waals surface area contributed by atoms with Crippen LogP contribution >= 0.6 is 0 Å². The molecule has 1 aliphatic heterocycles. The monoisotopic (exact) mass is 388 g/mol. The summed E-state index contributed by atoms with van der Waals surface area (Å²) in [5.74, 6) is -1.32. The zero-order chi connectivity index (χ0) is 20.3. The van der Waals surface area contributed by atoms with E-state index in [-0.39, 0.29) is 42.6 Å². The van der Waals surface area contributed by atoms with Crippen molar-refractivity contribution in [2.24, 2.45) is 0 Å². The molecular formula is C20H18F2N2O4. The quantitative estimate of drug-likeness (QED) is 0.736. The molecule has 0 saturated heterocycles. The second-order valence-corrected chi connectivity index (χ2v) is 6.34. The van der Waals surface area contributed by atoms with Gasteiger partial charge in [0.05, 0.1) is 16.8 Å². The summed E-state index contributed by atoms with van der Waals surface area (Å²) in [6.07, 6.45) is 0.254. The van der Waals surface area contributed by atoms with Crippen molar-refractivity contribution in [2.75, 3.05) is 11.9 Å². The van der Waals surface area contributed by atoms with E-state index in [0.717, 1.165) is 10.5 Å². The number of imide groups is 1. The van der Waals surface area contributed by atoms with Gasteiger partial charge in [-0.15, -0.1) is 0 Å². The number of alkyl halides is 2. The average Bonchev–Trinajstić information content (AvgIpc) is 2.87. The van der Waals surface area contributed by atoms with Gasteiger partial charge in [-0.3, -0.25) is 19.3 Å². The van der Waals surface area contributed by atoms with E-state index in [1.165, 1.54) is 18.2 Å². The summed E-state index contributed by atoms with van der Waals surface area (Å²) in [6.45, 7) is -1.08. The van der Waals surface area contributed by atoms with Crippen LogP contribution < -0.4 is 10.1 Å². The molecule has 0 aromatic heterocycles. The zero-order valence-corrected chi connectivity index (χ0v) is 15.1. The molecule has 0 unspecified atom stereocenters. The van der Waals surface area contributed by atoms with Gasteiger partial charge in [0.25, 0.3) is 11.8 Å². The normalized spacial score (nSPS) is 13.1. The Hall–Kier alpha value is -3.29. The van der Waals surface area contributed by atoms with Gasteiger partial charge in [0.15, 0.2) is 0 Å². The van der Waals surface area contributed by atoms with Crippen LogP contribution in [0.15, 0.2) is 42.5 Å². The van der Waals surface area contributed by atoms with E-state index in [1.54, 1.807) is 24.3 Å². The number of hydrogen-bond acceptors (Lipinski definition) is 4. The van der Waals surface area contributed by atoms with Crippen LogP contribution in [0.1, 0.15) is 39.1 Å². The predicted molar refractivity (Wildman–Crippen MR) is 97.5 cm³/mol. The molecule has 2 aromatic carbocycles. The lowest BCUT2D eigenvalue weighted by Gasteiger charge is -2.14. The number of carbonyl (C=O) groups excluding carboxylic acids is 3. The number of rotatable bonds is 7. The lowest BCUT2D eigenvalue weighted by Crippen LogP contribution is -2.31. The molecule has 1 N–H and O–H groups in total. The highest BCUT2D eigenvalue weighted by Crippen LogP contribution is 2.26. The van der Waals surface area contributed by atoms with Gasteiger partial charge in [-0.05, 0) is 37.6 Å². The molecule has 0 radical (unpaired) electrons. The second-order valence-electron chi connectivity index (χ2n) is 6.34. The molecule has 1 aliphatic rings. The third-order valence-electron chi connectivity index (χ3n) is 4.29. The van der Waals surface area contributed by atoms with Crippen molar-refractivity contribution in [3.8, 4) is 5.75 Å². The van der Waals surface area contributed by atoms with Gasteiger partial charge in [-0.1, -0.05) is 23.8 Å². The highest BCUT2D eigenvalue weighted by Gasteiger charge is 2.34. The molecule has 28 heavy (non-hydrogen) atoms. The fourth-order valence-corrected chi connectivity index (χ4v) is 2.99. The Kier molecular flexibility index (Phi) is 5.67. The smallest absolute Gasteiger partial charge is 0.387 e. The minimum absolute atomic E-state index is 0.00937. The maximum atomic E-state index is 12.4. The van der Waals surface area contributed by atoms with E-state index in [2.05, 4.69) is 10.1 Å². The first kappa shape index (κ1) is 19.5. The van der Waals surface area contributed by atoms with Gasteiger partial charge in [-0.2, -0.15) is 8.78 Å². The molecule has 3 amide bonds. The molecule has 0 atom stereocenters. The van der Waals surface area contributed by atoms with Crippen molar-refractivity contribution in [3.63, 3.8) is 0 Å². The Bertz CT molecular complexity index is 930. The van der Waals surface area contributed by atoms with Crippen molar-refractivity contribution in [1.29, 1.82) is 0 Å². The first-order valence-electron chi connectivity index (χ1n) is 8.67. The lowest BCUT2D eigenvalue weighted by molar-refractivity contribution is -0.116. The summed E-state index contributed by atoms with van der Waals surface area (Å²) < 4.78 is 29.2. The Morgan fingerprint density at radius 3 is 2.57 bits per heavy atom. The van der Waals surface area contributed by atoms with E-state index in [9.17, 15) is 23.2 Å². The van der Waals surface area contributed by atoms with E-state index in [0.29, 0.717) is 11.1 Å². The highest BCUT2D eigenvalue weighted by molar-refractivity contribution is 6.21. The number of amides is 3.